The molecule has 0 radical (unpaired) electrons. The Morgan fingerprint density at radius 2 is 1.90 bits per heavy atom. The molecule has 2 rings (SSSR count). The summed E-state index contributed by atoms with van der Waals surface area (Å²) in [5.74, 6) is 0.974. The summed E-state index contributed by atoms with van der Waals surface area (Å²) in [5, 5.41) is 0. The quantitative estimate of drug-likeness (QED) is 0.702. The van der Waals surface area contributed by atoms with Crippen LogP contribution in [0.1, 0.15) is 45.1 Å². The van der Waals surface area contributed by atoms with Gasteiger partial charge in [-0.05, 0) is 78.8 Å². The van der Waals surface area contributed by atoms with Gasteiger partial charge in [0.2, 0.25) is 0 Å². The molecule has 1 aliphatic carbocycles. The molecule has 1 aromatic rings. The first kappa shape index (κ1) is 16.0. The van der Waals surface area contributed by atoms with Crippen molar-refractivity contribution in [1.82, 2.24) is 0 Å². The Morgan fingerprint density at radius 1 is 1.30 bits per heavy atom. The molecule has 1 aromatic carbocycles. The third kappa shape index (κ3) is 3.82. The van der Waals surface area contributed by atoms with Gasteiger partial charge in [0, 0.05) is 16.6 Å². The molecule has 0 spiro atoms. The number of rotatable bonds is 5. The van der Waals surface area contributed by atoms with Crippen LogP contribution in [-0.2, 0) is 16.0 Å². The van der Waals surface area contributed by atoms with Crippen molar-refractivity contribution in [2.24, 2.45) is 5.92 Å². The second-order valence-electron chi connectivity index (χ2n) is 5.84. The van der Waals surface area contributed by atoms with Crippen LogP contribution < -0.4 is 0 Å². The summed E-state index contributed by atoms with van der Waals surface area (Å²) in [7, 11) is 0. The van der Waals surface area contributed by atoms with E-state index >= 15 is 0 Å². The molecule has 0 aliphatic heterocycles. The number of ether oxygens (including phenoxy) is 1. The molecule has 0 unspecified atom stereocenters. The van der Waals surface area contributed by atoms with E-state index in [4.69, 9.17) is 4.74 Å². The van der Waals surface area contributed by atoms with Gasteiger partial charge >= 0.3 is 0 Å². The zero-order chi connectivity index (χ0) is 14.6. The van der Waals surface area contributed by atoms with Crippen molar-refractivity contribution in [3.05, 3.63) is 33.4 Å². The lowest BCUT2D eigenvalue weighted by atomic mass is 9.76. The average Bonchev–Trinajstić information content (AvgIpc) is 2.44. The van der Waals surface area contributed by atoms with Crippen molar-refractivity contribution in [1.29, 1.82) is 0 Å². The molecular formula is C17H23IO2. The number of carbonyl (C=O) groups is 1. The van der Waals surface area contributed by atoms with Crippen LogP contribution in [0, 0.1) is 9.49 Å². The van der Waals surface area contributed by atoms with E-state index in [1.807, 2.05) is 19.1 Å². The summed E-state index contributed by atoms with van der Waals surface area (Å²) in [4.78, 5) is 12.7. The molecule has 0 amide bonds. The predicted octanol–water partition coefficient (Wildman–Crippen LogP) is 4.39. The summed E-state index contributed by atoms with van der Waals surface area (Å²) in [6, 6.07) is 8.20. The van der Waals surface area contributed by atoms with Gasteiger partial charge in [-0.2, -0.15) is 0 Å². The molecule has 0 bridgehead atoms. The van der Waals surface area contributed by atoms with Gasteiger partial charge < -0.3 is 4.74 Å². The standard InChI is InChI=1S/C17H23IO2/c1-3-20-17(10-8-13(2)9-11-17)16(19)12-14-4-6-15(18)7-5-14/h4-7,13H,3,8-12H2,1-2H3. The number of Topliss-reactive ketones (excluding diaryl/α,β-unsaturated/α-hetero) is 1. The van der Waals surface area contributed by atoms with Crippen LogP contribution in [0.4, 0.5) is 0 Å². The van der Waals surface area contributed by atoms with Crippen LogP contribution in [0.5, 0.6) is 0 Å². The minimum atomic E-state index is -0.524. The molecule has 20 heavy (non-hydrogen) atoms. The molecule has 0 heterocycles. The fourth-order valence-corrected chi connectivity index (χ4v) is 3.32. The molecule has 2 nitrogen and oxygen atoms in total. The molecule has 110 valence electrons. The number of ketones is 1. The number of hydrogen-bond donors (Lipinski definition) is 0. The maximum absolute atomic E-state index is 12.7. The lowest BCUT2D eigenvalue weighted by molar-refractivity contribution is -0.149. The first-order chi connectivity index (χ1) is 9.55. The minimum absolute atomic E-state index is 0.257. The summed E-state index contributed by atoms with van der Waals surface area (Å²) < 4.78 is 7.12. The summed E-state index contributed by atoms with van der Waals surface area (Å²) in [6.45, 7) is 4.87. The van der Waals surface area contributed by atoms with Gasteiger partial charge in [0.15, 0.2) is 5.78 Å². The second-order valence-corrected chi connectivity index (χ2v) is 7.08. The van der Waals surface area contributed by atoms with Gasteiger partial charge in [-0.15, -0.1) is 0 Å². The molecule has 1 saturated carbocycles. The van der Waals surface area contributed by atoms with Crippen molar-refractivity contribution in [3.8, 4) is 0 Å². The Bertz CT molecular complexity index is 445. The topological polar surface area (TPSA) is 26.3 Å². The smallest absolute Gasteiger partial charge is 0.168 e. The minimum Gasteiger partial charge on any atom is -0.367 e. The van der Waals surface area contributed by atoms with Crippen molar-refractivity contribution in [3.63, 3.8) is 0 Å². The third-order valence-electron chi connectivity index (χ3n) is 4.29. The fourth-order valence-electron chi connectivity index (χ4n) is 2.96. The highest BCUT2D eigenvalue weighted by Gasteiger charge is 2.41. The number of hydrogen-bond acceptors (Lipinski definition) is 2. The van der Waals surface area contributed by atoms with Crippen molar-refractivity contribution in [2.45, 2.75) is 51.6 Å². The predicted molar refractivity (Wildman–Crippen MR) is 89.9 cm³/mol. The summed E-state index contributed by atoms with van der Waals surface area (Å²) in [5.41, 5.74) is 0.567. The second kappa shape index (κ2) is 7.03. The number of halogens is 1. The van der Waals surface area contributed by atoms with Crippen LogP contribution in [0.2, 0.25) is 0 Å². The van der Waals surface area contributed by atoms with E-state index in [2.05, 4.69) is 41.6 Å². The average molecular weight is 386 g/mol. The van der Waals surface area contributed by atoms with Crippen LogP contribution in [0.15, 0.2) is 24.3 Å². The van der Waals surface area contributed by atoms with Gasteiger partial charge in [-0.3, -0.25) is 4.79 Å². The van der Waals surface area contributed by atoms with E-state index in [0.717, 1.165) is 37.2 Å². The largest absolute Gasteiger partial charge is 0.367 e. The Hall–Kier alpha value is -0.420. The molecular weight excluding hydrogens is 363 g/mol. The molecule has 0 saturated heterocycles. The van der Waals surface area contributed by atoms with Crippen LogP contribution >= 0.6 is 22.6 Å². The summed E-state index contributed by atoms with van der Waals surface area (Å²) in [6.07, 6.45) is 4.44. The SMILES string of the molecule is CCOC1(C(=O)Cc2ccc(I)cc2)CCC(C)CC1. The maximum atomic E-state index is 12.7. The third-order valence-corrected chi connectivity index (χ3v) is 5.01. The number of benzene rings is 1. The normalized spacial score (nSPS) is 26.4. The Balaban J connectivity index is 2.09. The van der Waals surface area contributed by atoms with E-state index < -0.39 is 5.60 Å². The fraction of sp³-hybridized carbons (Fsp3) is 0.588. The molecule has 0 N–H and O–H groups in total. The van der Waals surface area contributed by atoms with Gasteiger partial charge in [0.25, 0.3) is 0 Å². The number of carbonyl (C=O) groups excluding carboxylic acids is 1. The molecule has 1 aliphatic rings. The zero-order valence-corrected chi connectivity index (χ0v) is 14.5. The Kier molecular flexibility index (Phi) is 5.61. The van der Waals surface area contributed by atoms with Crippen molar-refractivity contribution < 1.29 is 9.53 Å². The lowest BCUT2D eigenvalue weighted by Crippen LogP contribution is -2.45. The summed E-state index contributed by atoms with van der Waals surface area (Å²) >= 11 is 2.28. The van der Waals surface area contributed by atoms with Crippen LogP contribution in [0.25, 0.3) is 0 Å². The lowest BCUT2D eigenvalue weighted by Gasteiger charge is -2.38. The van der Waals surface area contributed by atoms with Gasteiger partial charge in [0.05, 0.1) is 0 Å². The highest BCUT2D eigenvalue weighted by atomic mass is 127. The van der Waals surface area contributed by atoms with Gasteiger partial charge in [0.1, 0.15) is 5.60 Å². The molecule has 0 atom stereocenters. The first-order valence-corrected chi connectivity index (χ1v) is 8.55. The van der Waals surface area contributed by atoms with E-state index in [1.165, 1.54) is 3.57 Å². The van der Waals surface area contributed by atoms with E-state index in [9.17, 15) is 4.79 Å². The Labute approximate surface area is 135 Å². The molecule has 3 heteroatoms. The Morgan fingerprint density at radius 3 is 2.45 bits per heavy atom. The molecule has 0 aromatic heterocycles. The van der Waals surface area contributed by atoms with E-state index in [1.54, 1.807) is 0 Å². The van der Waals surface area contributed by atoms with Crippen LogP contribution in [-0.4, -0.2) is 18.0 Å². The van der Waals surface area contributed by atoms with Crippen molar-refractivity contribution in [2.75, 3.05) is 6.61 Å². The van der Waals surface area contributed by atoms with E-state index in [0.29, 0.717) is 13.0 Å². The highest BCUT2D eigenvalue weighted by Crippen LogP contribution is 2.36. The van der Waals surface area contributed by atoms with Crippen molar-refractivity contribution >= 4 is 28.4 Å². The maximum Gasteiger partial charge on any atom is 0.168 e. The monoisotopic (exact) mass is 386 g/mol. The van der Waals surface area contributed by atoms with Gasteiger partial charge in [-0.25, -0.2) is 0 Å². The first-order valence-electron chi connectivity index (χ1n) is 7.47. The van der Waals surface area contributed by atoms with Gasteiger partial charge in [-0.1, -0.05) is 19.1 Å². The van der Waals surface area contributed by atoms with E-state index in [-0.39, 0.29) is 5.78 Å². The van der Waals surface area contributed by atoms with Crippen LogP contribution in [0.3, 0.4) is 0 Å². The highest BCUT2D eigenvalue weighted by molar-refractivity contribution is 14.1. The zero-order valence-electron chi connectivity index (χ0n) is 12.3. The molecule has 1 fully saturated rings.